The van der Waals surface area contributed by atoms with Crippen molar-refractivity contribution in [3.8, 4) is 0 Å². The maximum atomic E-state index is 12.3. The number of benzene rings is 1. The summed E-state index contributed by atoms with van der Waals surface area (Å²) >= 11 is 6.06. The van der Waals surface area contributed by atoms with E-state index in [2.05, 4.69) is 20.5 Å². The summed E-state index contributed by atoms with van der Waals surface area (Å²) in [4.78, 5) is 30.5. The molecular weight excluding hydrogens is 354 g/mol. The fraction of sp³-hybridized carbons (Fsp3) is 0.389. The summed E-state index contributed by atoms with van der Waals surface area (Å²) in [5.41, 5.74) is 1.04. The molecule has 138 valence electrons. The van der Waals surface area contributed by atoms with Crippen LogP contribution < -0.4 is 10.6 Å². The van der Waals surface area contributed by atoms with Crippen LogP contribution in [-0.4, -0.2) is 51.9 Å². The van der Waals surface area contributed by atoms with E-state index in [9.17, 15) is 9.59 Å². The van der Waals surface area contributed by atoms with Crippen LogP contribution in [0.2, 0.25) is 5.02 Å². The largest absolute Gasteiger partial charge is 0.358 e. The number of aromatic nitrogens is 2. The van der Waals surface area contributed by atoms with Gasteiger partial charge in [0.15, 0.2) is 0 Å². The number of likely N-dealkylation sites (N-methyl/N-ethyl adjacent to an activating group) is 1. The number of hydrogen-bond donors (Lipinski definition) is 2. The van der Waals surface area contributed by atoms with Crippen LogP contribution in [0, 0.1) is 0 Å². The van der Waals surface area contributed by atoms with Crippen molar-refractivity contribution >= 4 is 23.4 Å². The molecule has 0 unspecified atom stereocenters. The summed E-state index contributed by atoms with van der Waals surface area (Å²) in [7, 11) is 1.63. The molecular formula is C18H22ClN5O2. The zero-order valence-corrected chi connectivity index (χ0v) is 15.3. The fourth-order valence-electron chi connectivity index (χ4n) is 3.31. The number of nitrogens with zero attached hydrogens (tertiary/aromatic N) is 3. The molecule has 2 atom stereocenters. The molecule has 8 heteroatoms. The fourth-order valence-corrected chi connectivity index (χ4v) is 3.52. The lowest BCUT2D eigenvalue weighted by Gasteiger charge is -2.22. The van der Waals surface area contributed by atoms with Gasteiger partial charge >= 0.3 is 0 Å². The Morgan fingerprint density at radius 1 is 1.38 bits per heavy atom. The molecule has 0 bridgehead atoms. The Balaban J connectivity index is 1.64. The van der Waals surface area contributed by atoms with E-state index in [0.29, 0.717) is 24.5 Å². The van der Waals surface area contributed by atoms with Crippen LogP contribution in [0.5, 0.6) is 0 Å². The van der Waals surface area contributed by atoms with Crippen LogP contribution in [0.3, 0.4) is 0 Å². The van der Waals surface area contributed by atoms with Crippen molar-refractivity contribution in [1.82, 2.24) is 25.1 Å². The molecule has 0 saturated carbocycles. The molecule has 0 radical (unpaired) electrons. The number of rotatable bonds is 6. The molecule has 1 aromatic heterocycles. The summed E-state index contributed by atoms with van der Waals surface area (Å²) in [5.74, 6) is -0.133. The number of amides is 2. The van der Waals surface area contributed by atoms with Crippen molar-refractivity contribution in [3.05, 3.63) is 53.6 Å². The Labute approximate surface area is 157 Å². The lowest BCUT2D eigenvalue weighted by Crippen LogP contribution is -2.41. The highest BCUT2D eigenvalue weighted by atomic mass is 35.5. The van der Waals surface area contributed by atoms with Crippen molar-refractivity contribution in [1.29, 1.82) is 0 Å². The lowest BCUT2D eigenvalue weighted by molar-refractivity contribution is -0.125. The van der Waals surface area contributed by atoms with Gasteiger partial charge in [0.2, 0.25) is 11.8 Å². The molecule has 2 aromatic rings. The number of hydrogen-bond acceptors (Lipinski definition) is 4. The van der Waals surface area contributed by atoms with Crippen LogP contribution in [0.15, 0.2) is 43.0 Å². The highest BCUT2D eigenvalue weighted by Gasteiger charge is 2.36. The van der Waals surface area contributed by atoms with E-state index in [1.54, 1.807) is 30.3 Å². The average molecular weight is 376 g/mol. The van der Waals surface area contributed by atoms with Crippen molar-refractivity contribution in [2.75, 3.05) is 13.6 Å². The van der Waals surface area contributed by atoms with Gasteiger partial charge in [-0.3, -0.25) is 14.5 Å². The number of likely N-dealkylation sites (tertiary alicyclic amines) is 1. The summed E-state index contributed by atoms with van der Waals surface area (Å²) in [6.07, 6.45) is 5.56. The van der Waals surface area contributed by atoms with Gasteiger partial charge in [0.05, 0.1) is 12.4 Å². The number of carbonyl (C=O) groups is 2. The van der Waals surface area contributed by atoms with Gasteiger partial charge in [-0.25, -0.2) is 4.98 Å². The minimum Gasteiger partial charge on any atom is -0.358 e. The molecule has 2 heterocycles. The third kappa shape index (κ3) is 4.62. The number of halogens is 1. The number of imidazole rings is 1. The van der Waals surface area contributed by atoms with Crippen LogP contribution in [-0.2, 0) is 22.7 Å². The minimum absolute atomic E-state index is 0.0432. The van der Waals surface area contributed by atoms with Gasteiger partial charge in [-0.15, -0.1) is 0 Å². The van der Waals surface area contributed by atoms with Gasteiger partial charge in [0, 0.05) is 43.6 Å². The molecule has 2 N–H and O–H groups in total. The third-order valence-electron chi connectivity index (χ3n) is 4.48. The van der Waals surface area contributed by atoms with Gasteiger partial charge in [-0.05, 0) is 24.1 Å². The molecule has 3 rings (SSSR count). The van der Waals surface area contributed by atoms with Crippen molar-refractivity contribution < 1.29 is 9.59 Å². The molecule has 1 aromatic carbocycles. The first-order valence-corrected chi connectivity index (χ1v) is 8.88. The molecule has 0 spiro atoms. The predicted molar refractivity (Wildman–Crippen MR) is 98.5 cm³/mol. The normalized spacial score (nSPS) is 20.1. The van der Waals surface area contributed by atoms with Crippen LogP contribution in [0.4, 0.5) is 0 Å². The smallest absolute Gasteiger partial charge is 0.240 e. The number of nitrogens with one attached hydrogen (secondary N) is 2. The Morgan fingerprint density at radius 3 is 2.92 bits per heavy atom. The van der Waals surface area contributed by atoms with E-state index in [1.807, 2.05) is 24.3 Å². The van der Waals surface area contributed by atoms with Crippen LogP contribution in [0.25, 0.3) is 0 Å². The molecule has 1 saturated heterocycles. The number of carbonyl (C=O) groups excluding carboxylic acids is 2. The SMILES string of the molecule is CNC(=O)[C@@H]1C[C@@H](NC(=O)Cn2ccnc2)CN1Cc1cccc(Cl)c1. The summed E-state index contributed by atoms with van der Waals surface area (Å²) < 4.78 is 1.71. The molecule has 1 aliphatic heterocycles. The van der Waals surface area contributed by atoms with Crippen molar-refractivity contribution in [3.63, 3.8) is 0 Å². The summed E-state index contributed by atoms with van der Waals surface area (Å²) in [5, 5.41) is 6.40. The molecule has 1 aliphatic rings. The van der Waals surface area contributed by atoms with Crippen molar-refractivity contribution in [2.45, 2.75) is 31.6 Å². The topological polar surface area (TPSA) is 79.3 Å². The Morgan fingerprint density at radius 2 is 2.23 bits per heavy atom. The first kappa shape index (κ1) is 18.4. The van der Waals surface area contributed by atoms with Gasteiger partial charge < -0.3 is 15.2 Å². The lowest BCUT2D eigenvalue weighted by atomic mass is 10.1. The highest BCUT2D eigenvalue weighted by Crippen LogP contribution is 2.22. The molecule has 0 aliphatic carbocycles. The van der Waals surface area contributed by atoms with Gasteiger partial charge in [0.1, 0.15) is 6.54 Å². The first-order valence-electron chi connectivity index (χ1n) is 8.50. The van der Waals surface area contributed by atoms with Gasteiger partial charge in [0.25, 0.3) is 0 Å². The van der Waals surface area contributed by atoms with E-state index in [4.69, 9.17) is 11.6 Å². The minimum atomic E-state index is -0.280. The third-order valence-corrected chi connectivity index (χ3v) is 4.71. The molecule has 26 heavy (non-hydrogen) atoms. The zero-order chi connectivity index (χ0) is 18.5. The van der Waals surface area contributed by atoms with Crippen LogP contribution >= 0.6 is 11.6 Å². The van der Waals surface area contributed by atoms with E-state index in [1.165, 1.54) is 0 Å². The second kappa shape index (κ2) is 8.33. The second-order valence-corrected chi connectivity index (χ2v) is 6.86. The quantitative estimate of drug-likeness (QED) is 0.790. The Hall–Kier alpha value is -2.38. The Bertz CT molecular complexity index is 765. The maximum absolute atomic E-state index is 12.3. The van der Waals surface area contributed by atoms with E-state index < -0.39 is 0 Å². The molecule has 2 amide bonds. The standard InChI is InChI=1S/C18H22ClN5O2/c1-20-18(26)16-8-15(22-17(25)11-23-6-5-21-12-23)10-24(16)9-13-3-2-4-14(19)7-13/h2-7,12,15-16H,8-11H2,1H3,(H,20,26)(H,22,25)/t15-,16+/m1/s1. The highest BCUT2D eigenvalue weighted by molar-refractivity contribution is 6.30. The Kier molecular flexibility index (Phi) is 5.90. The molecule has 7 nitrogen and oxygen atoms in total. The first-order chi connectivity index (χ1) is 12.5. The average Bonchev–Trinajstić information content (AvgIpc) is 3.24. The predicted octanol–water partition coefficient (Wildman–Crippen LogP) is 1.04. The second-order valence-electron chi connectivity index (χ2n) is 6.42. The monoisotopic (exact) mass is 375 g/mol. The van der Waals surface area contributed by atoms with Crippen molar-refractivity contribution in [2.24, 2.45) is 0 Å². The van der Waals surface area contributed by atoms with E-state index in [-0.39, 0.29) is 30.4 Å². The maximum Gasteiger partial charge on any atom is 0.240 e. The van der Waals surface area contributed by atoms with Gasteiger partial charge in [-0.2, -0.15) is 0 Å². The molecule has 1 fully saturated rings. The van der Waals surface area contributed by atoms with Crippen LogP contribution in [0.1, 0.15) is 12.0 Å². The van der Waals surface area contributed by atoms with E-state index in [0.717, 1.165) is 5.56 Å². The van der Waals surface area contributed by atoms with E-state index >= 15 is 0 Å². The summed E-state index contributed by atoms with van der Waals surface area (Å²) in [6, 6.07) is 7.24. The zero-order valence-electron chi connectivity index (χ0n) is 14.6. The summed E-state index contributed by atoms with van der Waals surface area (Å²) in [6.45, 7) is 1.43. The van der Waals surface area contributed by atoms with Gasteiger partial charge in [-0.1, -0.05) is 23.7 Å².